The Bertz CT molecular complexity index is 3930. The first kappa shape index (κ1) is 65.5. The summed E-state index contributed by atoms with van der Waals surface area (Å²) in [4.78, 5) is 53.0. The summed E-state index contributed by atoms with van der Waals surface area (Å²) in [5.74, 6) is -4.38. The molecule has 24 heteroatoms. The number of aromatic nitrogens is 2. The lowest BCUT2D eigenvalue weighted by atomic mass is 10.1. The number of hydrogen-bond acceptors (Lipinski definition) is 14. The zero-order valence-electron chi connectivity index (χ0n) is 44.8. The van der Waals surface area contributed by atoms with Crippen molar-refractivity contribution in [2.45, 2.75) is 6.92 Å². The Morgan fingerprint density at radius 2 is 0.779 bits per heavy atom. The van der Waals surface area contributed by atoms with Crippen LogP contribution in [0.15, 0.2) is 181 Å². The van der Waals surface area contributed by atoms with E-state index >= 15 is 0 Å². The molecule has 0 atom stereocenters. The molecular weight excluding hydrogens is 1240 g/mol. The molecule has 2 aromatic heterocycles. The molecule has 0 bridgehead atoms. The minimum absolute atomic E-state index is 0.00529. The summed E-state index contributed by atoms with van der Waals surface area (Å²) in [6.07, 6.45) is 0. The van der Waals surface area contributed by atoms with Crippen LogP contribution in [-0.2, 0) is 4.74 Å². The number of aliphatic hydroxyl groups excluding tert-OH is 1. The smallest absolute Gasteiger partial charge is 0.367 e. The molecule has 0 aliphatic carbocycles. The number of carbonyl (C=O) groups is 4. The summed E-state index contributed by atoms with van der Waals surface area (Å²) in [5, 5.41) is 10.7. The number of carbonyl (C=O) groups excluding carboxylic acids is 4. The molecule has 3 N–H and O–H groups in total. The van der Waals surface area contributed by atoms with Crippen LogP contribution in [0.3, 0.4) is 0 Å². The van der Waals surface area contributed by atoms with Gasteiger partial charge in [0, 0.05) is 40.1 Å². The van der Waals surface area contributed by atoms with E-state index in [1.165, 1.54) is 160 Å². The summed E-state index contributed by atoms with van der Waals surface area (Å²) in [6, 6.07) is 37.5. The number of nitrogens with two attached hydrogens (primary N) is 1. The first-order valence-electron chi connectivity index (χ1n) is 24.5. The molecule has 0 saturated heterocycles. The van der Waals surface area contributed by atoms with E-state index in [2.05, 4.69) is 30.6 Å². The number of rotatable bonds is 15. The molecule has 86 heavy (non-hydrogen) atoms. The second-order valence-corrected chi connectivity index (χ2v) is 19.1. The number of primary amides is 1. The minimum Gasteiger partial charge on any atom is -0.464 e. The molecule has 2 heterocycles. The van der Waals surface area contributed by atoms with Crippen molar-refractivity contribution >= 4 is 62.0 Å². The summed E-state index contributed by atoms with van der Waals surface area (Å²) >= 11 is 5.22. The fourth-order valence-corrected chi connectivity index (χ4v) is 8.49. The maximum Gasteiger partial charge on any atom is 0.367 e. The van der Waals surface area contributed by atoms with E-state index in [1.54, 1.807) is 22.9 Å². The zero-order valence-corrected chi connectivity index (χ0v) is 48.1. The molecule has 0 unspecified atom stereocenters. The van der Waals surface area contributed by atoms with Gasteiger partial charge in [-0.25, -0.2) is 49.9 Å². The average Bonchev–Trinajstić information content (AvgIpc) is 4.42. The molecule has 0 aliphatic rings. The van der Waals surface area contributed by atoms with Crippen LogP contribution in [0.2, 0.25) is 0 Å². The van der Waals surface area contributed by atoms with E-state index in [0.29, 0.717) is 45.5 Å². The van der Waals surface area contributed by atoms with Gasteiger partial charge in [0.1, 0.15) is 46.3 Å². The maximum absolute atomic E-state index is 14.2. The highest BCUT2D eigenvalue weighted by molar-refractivity contribution is 9.09. The number of aliphatic hydroxyl groups is 1. The van der Waals surface area contributed by atoms with Crippen molar-refractivity contribution < 1.29 is 83.1 Å². The van der Waals surface area contributed by atoms with Crippen LogP contribution < -0.4 is 24.7 Å². The second kappa shape index (κ2) is 31.9. The van der Waals surface area contributed by atoms with Crippen LogP contribution in [0.5, 0.6) is 46.0 Å². The fraction of sp³-hybridized carbons (Fsp3) is 0.0645. The van der Waals surface area contributed by atoms with E-state index in [0.717, 1.165) is 41.9 Å². The number of thiazole rings is 2. The first-order valence-corrected chi connectivity index (χ1v) is 27.4. The van der Waals surface area contributed by atoms with Gasteiger partial charge in [0.2, 0.25) is 5.01 Å². The molecule has 0 saturated carbocycles. The SMILES string of the molecule is CC(=O)c1ccc(Oc2ccc(F)cc2)c(F)c1.CO.COC(=O)c1nc(-c2ccc(Oc3ccc(F)cc3)c(F)c2)cs1.NC(=O)c1nc(-c2ccc(Oc3ccc(F)cc3)c(F)c2)cs1.O=C(CBr)c1ccc(Oc2ccc(F)cc2)c(F)c1. The van der Waals surface area contributed by atoms with Gasteiger partial charge in [-0.2, -0.15) is 0 Å². The molecule has 0 spiro atoms. The van der Waals surface area contributed by atoms with Gasteiger partial charge >= 0.3 is 5.97 Å². The van der Waals surface area contributed by atoms with Gasteiger partial charge in [-0.1, -0.05) is 15.9 Å². The van der Waals surface area contributed by atoms with E-state index in [4.69, 9.17) is 29.8 Å². The summed E-state index contributed by atoms with van der Waals surface area (Å²) in [7, 11) is 2.27. The quantitative estimate of drug-likeness (QED) is 0.0429. The molecule has 10 aromatic rings. The number of ketones is 2. The van der Waals surface area contributed by atoms with E-state index < -0.39 is 58.4 Å². The Hall–Kier alpha value is -9.62. The molecule has 10 rings (SSSR count). The van der Waals surface area contributed by atoms with Gasteiger partial charge in [-0.15, -0.1) is 22.7 Å². The van der Waals surface area contributed by atoms with Crippen LogP contribution in [0.1, 0.15) is 47.2 Å². The molecule has 0 aliphatic heterocycles. The topological polar surface area (TPSA) is 186 Å². The van der Waals surface area contributed by atoms with Crippen molar-refractivity contribution in [2.24, 2.45) is 5.73 Å². The predicted molar refractivity (Wildman–Crippen MR) is 310 cm³/mol. The average molecular weight is 1290 g/mol. The van der Waals surface area contributed by atoms with Gasteiger partial charge < -0.3 is 34.5 Å². The van der Waals surface area contributed by atoms with E-state index in [9.17, 15) is 54.3 Å². The highest BCUT2D eigenvalue weighted by atomic mass is 79.9. The monoisotopic (exact) mass is 1290 g/mol. The Morgan fingerprint density at radius 1 is 0.465 bits per heavy atom. The number of benzene rings is 8. The van der Waals surface area contributed by atoms with Gasteiger partial charge in [0.05, 0.1) is 23.8 Å². The molecule has 442 valence electrons. The lowest BCUT2D eigenvalue weighted by Gasteiger charge is -2.07. The van der Waals surface area contributed by atoms with Gasteiger partial charge in [-0.05, 0) is 177 Å². The first-order chi connectivity index (χ1) is 41.2. The summed E-state index contributed by atoms with van der Waals surface area (Å²) in [5.41, 5.74) is 7.61. The number of esters is 1. The van der Waals surface area contributed by atoms with Crippen molar-refractivity contribution in [3.63, 3.8) is 0 Å². The highest BCUT2D eigenvalue weighted by Gasteiger charge is 2.17. The van der Waals surface area contributed by atoms with Crippen LogP contribution in [0.25, 0.3) is 22.5 Å². The summed E-state index contributed by atoms with van der Waals surface area (Å²) < 4.78 is 133. The normalized spacial score (nSPS) is 10.2. The van der Waals surface area contributed by atoms with Crippen molar-refractivity contribution in [3.05, 3.63) is 248 Å². The number of methoxy groups -OCH3 is 1. The third kappa shape index (κ3) is 19.2. The molecule has 0 fully saturated rings. The minimum atomic E-state index is -0.642. The van der Waals surface area contributed by atoms with Crippen LogP contribution >= 0.6 is 38.6 Å². The maximum atomic E-state index is 14.2. The van der Waals surface area contributed by atoms with Crippen LogP contribution in [0.4, 0.5) is 35.1 Å². The molecule has 8 aromatic carbocycles. The Balaban J connectivity index is 0.000000183. The van der Waals surface area contributed by atoms with Gasteiger partial charge in [-0.3, -0.25) is 14.4 Å². The van der Waals surface area contributed by atoms with Crippen molar-refractivity contribution in [1.82, 2.24) is 9.97 Å². The molecule has 13 nitrogen and oxygen atoms in total. The highest BCUT2D eigenvalue weighted by Crippen LogP contribution is 2.33. The van der Waals surface area contributed by atoms with Crippen molar-refractivity contribution in [3.8, 4) is 68.5 Å². The zero-order chi connectivity index (χ0) is 62.5. The third-order valence-electron chi connectivity index (χ3n) is 10.9. The fourth-order valence-electron chi connectivity index (χ4n) is 6.75. The van der Waals surface area contributed by atoms with Crippen LogP contribution in [-0.4, -0.2) is 58.1 Å². The van der Waals surface area contributed by atoms with Gasteiger partial charge in [0.15, 0.2) is 62.8 Å². The number of amides is 1. The lowest BCUT2D eigenvalue weighted by molar-refractivity contribution is 0.0599. The Morgan fingerprint density at radius 3 is 1.08 bits per heavy atom. The molecule has 1 amide bonds. The van der Waals surface area contributed by atoms with E-state index in [-0.39, 0.29) is 61.0 Å². The third-order valence-corrected chi connectivity index (χ3v) is 13.1. The number of nitrogens with zero attached hydrogens (tertiary/aromatic N) is 2. The molecule has 0 radical (unpaired) electrons. The number of alkyl halides is 1. The van der Waals surface area contributed by atoms with Crippen molar-refractivity contribution in [1.29, 1.82) is 0 Å². The Labute approximate surface area is 501 Å². The number of Topliss-reactive ketones (excluding diaryl/α,β-unsaturated/α-hetero) is 2. The van der Waals surface area contributed by atoms with E-state index in [1.807, 2.05) is 0 Å². The van der Waals surface area contributed by atoms with Gasteiger partial charge in [0.25, 0.3) is 5.91 Å². The lowest BCUT2D eigenvalue weighted by Crippen LogP contribution is -2.10. The predicted octanol–water partition coefficient (Wildman–Crippen LogP) is 16.5. The second-order valence-electron chi connectivity index (χ2n) is 16.8. The number of halogens is 9. The van der Waals surface area contributed by atoms with Crippen LogP contribution in [0, 0.1) is 46.5 Å². The van der Waals surface area contributed by atoms with Crippen molar-refractivity contribution in [2.75, 3.05) is 19.5 Å². The largest absolute Gasteiger partial charge is 0.464 e. The summed E-state index contributed by atoms with van der Waals surface area (Å²) in [6.45, 7) is 1.36. The standard InChI is InChI=1S/C17H11F2NO3S.C16H10F2N2O2S.C14H9BrF2O2.C14H10F2O2.CH4O/c1-22-17(21)16-20-14(9-24-16)10-2-7-15(13(19)8-10)23-12-5-3-11(18)4-6-12;17-10-2-4-11(5-3-10)22-14-6-1-9(7-12(14)18)13-8-23-16(20-13)15(19)21;15-8-13(18)9-1-6-14(12(17)7-9)19-11-4-2-10(16)3-5-11;1-9(17)10-2-7-14(13(16)8-10)18-12-5-3-11(15)4-6-12;1-2/h2-9H,1H3;1-8H,(H2,19,21);1-7H,8H2;2-8H,1H3;2H,1H3. The Kier molecular flexibility index (Phi) is 24.3. The number of ether oxygens (including phenoxy) is 5. The molecular formula is C62H44BrF8N3O10S2. The number of hydrogen-bond donors (Lipinski definition) is 2.